The second-order valence-corrected chi connectivity index (χ2v) is 4.45. The third-order valence-corrected chi connectivity index (χ3v) is 3.24. The maximum Gasteiger partial charge on any atom is 0.119 e. The molecule has 0 amide bonds. The van der Waals surface area contributed by atoms with Crippen molar-refractivity contribution in [2.45, 2.75) is 0 Å². The van der Waals surface area contributed by atoms with Crippen LogP contribution in [-0.4, -0.2) is 12.1 Å². The summed E-state index contributed by atoms with van der Waals surface area (Å²) in [6.07, 6.45) is 0. The first-order chi connectivity index (χ1) is 9.81. The Balaban J connectivity index is 0.00000161. The van der Waals surface area contributed by atoms with E-state index in [4.69, 9.17) is 10.6 Å². The van der Waals surface area contributed by atoms with Crippen LogP contribution in [0, 0.1) is 0 Å². The normalized spacial score (nSPS) is 10.0. The Hall–Kier alpha value is -2.30. The summed E-state index contributed by atoms with van der Waals surface area (Å²) in [5.41, 5.74) is 6.38. The van der Waals surface area contributed by atoms with Gasteiger partial charge in [0.25, 0.3) is 0 Å². The molecule has 3 rings (SSSR count). The number of aromatic nitrogens is 1. The Bertz CT molecular complexity index is 747. The molecule has 0 radical (unpaired) electrons. The summed E-state index contributed by atoms with van der Waals surface area (Å²) >= 11 is 0. The lowest BCUT2D eigenvalue weighted by Gasteiger charge is -2.10. The molecule has 1 aromatic heterocycles. The number of halogens is 1. The smallest absolute Gasteiger partial charge is 0.119 e. The minimum atomic E-state index is 0. The Morgan fingerprint density at radius 1 is 1.05 bits per heavy atom. The van der Waals surface area contributed by atoms with E-state index in [1.54, 1.807) is 7.11 Å². The van der Waals surface area contributed by atoms with Crippen LogP contribution in [-0.2, 0) is 0 Å². The molecule has 0 aliphatic heterocycles. The van der Waals surface area contributed by atoms with Crippen molar-refractivity contribution in [1.82, 2.24) is 4.98 Å². The second kappa shape index (κ2) is 6.43. The molecule has 0 unspecified atom stereocenters. The fourth-order valence-electron chi connectivity index (χ4n) is 2.21. The van der Waals surface area contributed by atoms with E-state index in [0.717, 1.165) is 33.6 Å². The van der Waals surface area contributed by atoms with E-state index in [1.807, 2.05) is 54.6 Å². The van der Waals surface area contributed by atoms with Crippen molar-refractivity contribution in [2.75, 3.05) is 12.5 Å². The summed E-state index contributed by atoms with van der Waals surface area (Å²) in [5, 5.41) is 0.937. The molecule has 3 aromatic rings. The predicted octanol–water partition coefficient (Wildman–Crippen LogP) is 3.62. The van der Waals surface area contributed by atoms with Gasteiger partial charge in [-0.25, -0.2) is 4.98 Å². The average molecular weight is 302 g/mol. The van der Waals surface area contributed by atoms with Gasteiger partial charge in [0, 0.05) is 10.9 Å². The van der Waals surface area contributed by atoms with E-state index in [1.165, 1.54) is 0 Å². The van der Waals surface area contributed by atoms with Crippen molar-refractivity contribution in [3.8, 4) is 17.0 Å². The van der Waals surface area contributed by atoms with Crippen LogP contribution in [0.15, 0.2) is 54.6 Å². The molecule has 108 valence electrons. The van der Waals surface area contributed by atoms with Crippen molar-refractivity contribution in [3.63, 3.8) is 0 Å². The van der Waals surface area contributed by atoms with E-state index in [-0.39, 0.29) is 12.4 Å². The predicted molar refractivity (Wildman–Crippen MR) is 88.8 cm³/mol. The van der Waals surface area contributed by atoms with E-state index >= 15 is 0 Å². The van der Waals surface area contributed by atoms with Crippen LogP contribution < -0.4 is 16.0 Å². The van der Waals surface area contributed by atoms with Crippen LogP contribution in [0.5, 0.6) is 5.75 Å². The number of benzene rings is 2. The van der Waals surface area contributed by atoms with Gasteiger partial charge in [0.1, 0.15) is 5.75 Å². The molecule has 0 atom stereocenters. The standard InChI is InChI=1S/C16H15N3O.ClH/c1-20-12-7-8-14-13(9-12)16(19-17)10-15(18-14)11-5-3-2-4-6-11;/h2-10H,17H2,1H3,(H,18,19);1H. The molecular weight excluding hydrogens is 286 g/mol. The van der Waals surface area contributed by atoms with E-state index in [9.17, 15) is 0 Å². The largest absolute Gasteiger partial charge is 0.497 e. The topological polar surface area (TPSA) is 60.2 Å². The molecule has 0 fully saturated rings. The highest BCUT2D eigenvalue weighted by atomic mass is 35.5. The maximum atomic E-state index is 5.64. The van der Waals surface area contributed by atoms with Crippen molar-refractivity contribution in [3.05, 3.63) is 54.6 Å². The highest BCUT2D eigenvalue weighted by Crippen LogP contribution is 2.30. The third kappa shape index (κ3) is 2.91. The summed E-state index contributed by atoms with van der Waals surface area (Å²) < 4.78 is 5.24. The van der Waals surface area contributed by atoms with E-state index < -0.39 is 0 Å². The van der Waals surface area contributed by atoms with Crippen LogP contribution in [0.25, 0.3) is 22.2 Å². The minimum Gasteiger partial charge on any atom is -0.497 e. The Morgan fingerprint density at radius 3 is 2.48 bits per heavy atom. The van der Waals surface area contributed by atoms with Gasteiger partial charge >= 0.3 is 0 Å². The molecule has 2 aromatic carbocycles. The van der Waals surface area contributed by atoms with Gasteiger partial charge in [-0.15, -0.1) is 12.4 Å². The van der Waals surface area contributed by atoms with Gasteiger partial charge < -0.3 is 10.2 Å². The lowest BCUT2D eigenvalue weighted by molar-refractivity contribution is 0.415. The summed E-state index contributed by atoms with van der Waals surface area (Å²) in [7, 11) is 1.64. The number of pyridine rings is 1. The zero-order valence-electron chi connectivity index (χ0n) is 11.5. The Labute approximate surface area is 129 Å². The van der Waals surface area contributed by atoms with E-state index in [2.05, 4.69) is 10.4 Å². The number of rotatable bonds is 3. The van der Waals surface area contributed by atoms with Crippen LogP contribution >= 0.6 is 12.4 Å². The van der Waals surface area contributed by atoms with Gasteiger partial charge in [0.05, 0.1) is 24.0 Å². The SMILES string of the molecule is COc1ccc2nc(-c3ccccc3)cc(NN)c2c1.Cl. The number of nitrogen functional groups attached to an aromatic ring is 1. The molecule has 1 heterocycles. The fraction of sp³-hybridized carbons (Fsp3) is 0.0625. The summed E-state index contributed by atoms with van der Waals surface area (Å²) in [6, 6.07) is 17.7. The zero-order valence-corrected chi connectivity index (χ0v) is 12.4. The Kier molecular flexibility index (Phi) is 4.62. The maximum absolute atomic E-state index is 5.64. The zero-order chi connectivity index (χ0) is 13.9. The van der Waals surface area contributed by atoms with Gasteiger partial charge in [-0.05, 0) is 24.3 Å². The van der Waals surface area contributed by atoms with Crippen molar-refractivity contribution >= 4 is 29.0 Å². The molecule has 5 heteroatoms. The molecule has 0 bridgehead atoms. The first-order valence-corrected chi connectivity index (χ1v) is 6.32. The number of hydrogen-bond donors (Lipinski definition) is 2. The average Bonchev–Trinajstić information content (AvgIpc) is 2.54. The molecule has 4 nitrogen and oxygen atoms in total. The number of anilines is 1. The fourth-order valence-corrected chi connectivity index (χ4v) is 2.21. The minimum absolute atomic E-state index is 0. The lowest BCUT2D eigenvalue weighted by atomic mass is 10.1. The molecule has 0 saturated heterocycles. The van der Waals surface area contributed by atoms with Gasteiger partial charge in [-0.3, -0.25) is 5.84 Å². The molecule has 3 N–H and O–H groups in total. The highest BCUT2D eigenvalue weighted by Gasteiger charge is 2.07. The Morgan fingerprint density at radius 2 is 1.81 bits per heavy atom. The number of nitrogens with zero attached hydrogens (tertiary/aromatic N) is 1. The molecule has 0 aliphatic rings. The summed E-state index contributed by atoms with van der Waals surface area (Å²) in [5.74, 6) is 6.42. The van der Waals surface area contributed by atoms with Crippen molar-refractivity contribution in [2.24, 2.45) is 5.84 Å². The van der Waals surface area contributed by atoms with Crippen LogP contribution in [0.4, 0.5) is 5.69 Å². The highest BCUT2D eigenvalue weighted by molar-refractivity contribution is 5.94. The first kappa shape index (κ1) is 15.1. The number of fused-ring (bicyclic) bond motifs is 1. The van der Waals surface area contributed by atoms with Gasteiger partial charge in [-0.2, -0.15) is 0 Å². The number of hydrazine groups is 1. The summed E-state index contributed by atoms with van der Waals surface area (Å²) in [6.45, 7) is 0. The van der Waals surface area contributed by atoms with Crippen molar-refractivity contribution in [1.29, 1.82) is 0 Å². The lowest BCUT2D eigenvalue weighted by Crippen LogP contribution is -2.08. The number of nitrogens with one attached hydrogen (secondary N) is 1. The molecule has 0 aliphatic carbocycles. The number of hydrogen-bond acceptors (Lipinski definition) is 4. The molecule has 21 heavy (non-hydrogen) atoms. The summed E-state index contributed by atoms with van der Waals surface area (Å²) in [4.78, 5) is 4.68. The van der Waals surface area contributed by atoms with Crippen LogP contribution in [0.1, 0.15) is 0 Å². The van der Waals surface area contributed by atoms with Crippen LogP contribution in [0.2, 0.25) is 0 Å². The van der Waals surface area contributed by atoms with Gasteiger partial charge in [-0.1, -0.05) is 30.3 Å². The molecule has 0 saturated carbocycles. The first-order valence-electron chi connectivity index (χ1n) is 6.32. The molecular formula is C16H16ClN3O. The second-order valence-electron chi connectivity index (χ2n) is 4.45. The number of ether oxygens (including phenoxy) is 1. The van der Waals surface area contributed by atoms with Gasteiger partial charge in [0.2, 0.25) is 0 Å². The number of methoxy groups -OCH3 is 1. The van der Waals surface area contributed by atoms with Gasteiger partial charge in [0.15, 0.2) is 0 Å². The van der Waals surface area contributed by atoms with Crippen molar-refractivity contribution < 1.29 is 4.74 Å². The quantitative estimate of drug-likeness (QED) is 0.573. The molecule has 0 spiro atoms. The number of nitrogens with two attached hydrogens (primary N) is 1. The monoisotopic (exact) mass is 301 g/mol. The van der Waals surface area contributed by atoms with E-state index in [0.29, 0.717) is 0 Å². The third-order valence-electron chi connectivity index (χ3n) is 3.24. The van der Waals surface area contributed by atoms with Crippen LogP contribution in [0.3, 0.4) is 0 Å².